The number of benzene rings is 1. The van der Waals surface area contributed by atoms with E-state index in [1.807, 2.05) is 44.1 Å². The summed E-state index contributed by atoms with van der Waals surface area (Å²) in [6, 6.07) is 5.89. The second-order valence-corrected chi connectivity index (χ2v) is 5.47. The maximum absolute atomic E-state index is 5.62. The monoisotopic (exact) mass is 474 g/mol. The minimum Gasteiger partial charge on any atom is -0.493 e. The highest BCUT2D eigenvalue weighted by Gasteiger charge is 2.11. The van der Waals surface area contributed by atoms with Gasteiger partial charge in [-0.1, -0.05) is 6.07 Å². The molecule has 2 rings (SSSR count). The number of nitrogens with one attached hydrogen (secondary N) is 1. The summed E-state index contributed by atoms with van der Waals surface area (Å²) in [5, 5.41) is 7.43. The van der Waals surface area contributed by atoms with Crippen molar-refractivity contribution in [2.75, 3.05) is 27.8 Å². The number of methoxy groups -OCH3 is 1. The lowest BCUT2D eigenvalue weighted by molar-refractivity contribution is 0.310. The van der Waals surface area contributed by atoms with Gasteiger partial charge in [-0.15, -0.1) is 24.0 Å². The fraction of sp³-hybridized carbons (Fsp3) is 0.471. The first kappa shape index (κ1) is 22.0. The lowest BCUT2D eigenvalue weighted by Gasteiger charge is -2.21. The zero-order valence-electron chi connectivity index (χ0n) is 15.9. The van der Waals surface area contributed by atoms with Crippen LogP contribution in [-0.2, 0) is 20.1 Å². The van der Waals surface area contributed by atoms with E-state index >= 15 is 0 Å². The number of aromatic nitrogens is 3. The van der Waals surface area contributed by atoms with Crippen molar-refractivity contribution in [2.45, 2.75) is 20.0 Å². The van der Waals surface area contributed by atoms with Crippen molar-refractivity contribution >= 4 is 29.9 Å². The van der Waals surface area contributed by atoms with Crippen molar-refractivity contribution in [1.29, 1.82) is 0 Å². The minimum absolute atomic E-state index is 0. The molecule has 144 valence electrons. The van der Waals surface area contributed by atoms with Crippen LogP contribution in [0.1, 0.15) is 18.3 Å². The van der Waals surface area contributed by atoms with Gasteiger partial charge >= 0.3 is 0 Å². The molecule has 8 nitrogen and oxygen atoms in total. The molecule has 0 radical (unpaired) electrons. The molecule has 1 heterocycles. The highest BCUT2D eigenvalue weighted by Crippen LogP contribution is 2.27. The third-order valence-corrected chi connectivity index (χ3v) is 3.74. The highest BCUT2D eigenvalue weighted by atomic mass is 127. The predicted molar refractivity (Wildman–Crippen MR) is 112 cm³/mol. The maximum atomic E-state index is 5.62. The number of nitrogens with zero attached hydrogens (tertiary/aromatic N) is 5. The van der Waals surface area contributed by atoms with Gasteiger partial charge in [0.15, 0.2) is 17.5 Å². The average molecular weight is 474 g/mol. The predicted octanol–water partition coefficient (Wildman–Crippen LogP) is 2.05. The number of hydrogen-bond acceptors (Lipinski definition) is 5. The van der Waals surface area contributed by atoms with Gasteiger partial charge in [0.05, 0.1) is 20.3 Å². The number of guanidine groups is 1. The number of hydrogen-bond donors (Lipinski definition) is 1. The Morgan fingerprint density at radius 1 is 1.35 bits per heavy atom. The zero-order valence-corrected chi connectivity index (χ0v) is 18.2. The van der Waals surface area contributed by atoms with Crippen molar-refractivity contribution < 1.29 is 9.47 Å². The molecular weight excluding hydrogens is 447 g/mol. The third-order valence-electron chi connectivity index (χ3n) is 3.74. The van der Waals surface area contributed by atoms with Crippen LogP contribution >= 0.6 is 24.0 Å². The van der Waals surface area contributed by atoms with Gasteiger partial charge in [-0.05, 0) is 24.6 Å². The number of ether oxygens (including phenoxy) is 2. The van der Waals surface area contributed by atoms with E-state index in [1.54, 1.807) is 25.2 Å². The summed E-state index contributed by atoms with van der Waals surface area (Å²) in [5.74, 6) is 3.12. The Bertz CT molecular complexity index is 719. The van der Waals surface area contributed by atoms with Crippen LogP contribution in [0.25, 0.3) is 0 Å². The Morgan fingerprint density at radius 2 is 2.12 bits per heavy atom. The van der Waals surface area contributed by atoms with Gasteiger partial charge in [-0.2, -0.15) is 5.10 Å². The Morgan fingerprint density at radius 3 is 2.69 bits per heavy atom. The molecule has 9 heteroatoms. The van der Waals surface area contributed by atoms with Crippen molar-refractivity contribution in [2.24, 2.45) is 12.0 Å². The van der Waals surface area contributed by atoms with Crippen molar-refractivity contribution in [3.8, 4) is 11.5 Å². The van der Waals surface area contributed by atoms with Crippen molar-refractivity contribution in [1.82, 2.24) is 25.0 Å². The molecule has 1 aromatic carbocycles. The quantitative estimate of drug-likeness (QED) is 0.376. The summed E-state index contributed by atoms with van der Waals surface area (Å²) in [5.41, 5.74) is 1.08. The van der Waals surface area contributed by atoms with E-state index in [9.17, 15) is 0 Å². The molecule has 0 bridgehead atoms. The number of halogens is 1. The van der Waals surface area contributed by atoms with Gasteiger partial charge in [-0.3, -0.25) is 9.67 Å². The van der Waals surface area contributed by atoms with Crippen molar-refractivity contribution in [3.63, 3.8) is 0 Å². The first-order chi connectivity index (χ1) is 12.1. The summed E-state index contributed by atoms with van der Waals surface area (Å²) in [6.07, 6.45) is 1.55. The first-order valence-corrected chi connectivity index (χ1v) is 8.13. The molecule has 26 heavy (non-hydrogen) atoms. The van der Waals surface area contributed by atoms with Gasteiger partial charge < -0.3 is 19.7 Å². The minimum atomic E-state index is 0. The van der Waals surface area contributed by atoms with Crippen LogP contribution in [0.5, 0.6) is 11.5 Å². The van der Waals surface area contributed by atoms with Crippen LogP contribution in [0.2, 0.25) is 0 Å². The molecule has 0 aliphatic carbocycles. The molecule has 2 aromatic rings. The van der Waals surface area contributed by atoms with Crippen LogP contribution in [-0.4, -0.2) is 53.4 Å². The van der Waals surface area contributed by atoms with E-state index in [1.165, 1.54) is 0 Å². The normalized spacial score (nSPS) is 10.9. The van der Waals surface area contributed by atoms with Crippen LogP contribution in [0.15, 0.2) is 29.5 Å². The summed E-state index contributed by atoms with van der Waals surface area (Å²) < 4.78 is 12.7. The smallest absolute Gasteiger partial charge is 0.194 e. The lowest BCUT2D eigenvalue weighted by atomic mass is 10.2. The Kier molecular flexibility index (Phi) is 9.17. The van der Waals surface area contributed by atoms with E-state index in [0.29, 0.717) is 19.7 Å². The molecule has 0 aliphatic rings. The van der Waals surface area contributed by atoms with Gasteiger partial charge in [0.1, 0.15) is 12.2 Å². The maximum Gasteiger partial charge on any atom is 0.194 e. The summed E-state index contributed by atoms with van der Waals surface area (Å²) >= 11 is 0. The average Bonchev–Trinajstić information content (AvgIpc) is 3.01. The molecule has 0 aliphatic heterocycles. The van der Waals surface area contributed by atoms with Gasteiger partial charge in [-0.25, -0.2) is 4.98 Å². The second-order valence-electron chi connectivity index (χ2n) is 5.47. The van der Waals surface area contributed by atoms with Gasteiger partial charge in [0.2, 0.25) is 0 Å². The van der Waals surface area contributed by atoms with E-state index in [2.05, 4.69) is 20.4 Å². The van der Waals surface area contributed by atoms with Crippen LogP contribution in [0.3, 0.4) is 0 Å². The van der Waals surface area contributed by atoms with Crippen LogP contribution in [0.4, 0.5) is 0 Å². The molecular formula is C17H27IN6O2. The summed E-state index contributed by atoms with van der Waals surface area (Å²) in [6.45, 7) is 3.78. The molecule has 0 saturated heterocycles. The largest absolute Gasteiger partial charge is 0.493 e. The second kappa shape index (κ2) is 10.8. The van der Waals surface area contributed by atoms with Gasteiger partial charge in [0.25, 0.3) is 0 Å². The number of aryl methyl sites for hydroxylation is 1. The molecule has 1 N–H and O–H groups in total. The number of rotatable bonds is 7. The van der Waals surface area contributed by atoms with E-state index < -0.39 is 0 Å². The topological polar surface area (TPSA) is 76.8 Å². The molecule has 0 atom stereocenters. The van der Waals surface area contributed by atoms with Crippen LogP contribution < -0.4 is 14.8 Å². The van der Waals surface area contributed by atoms with E-state index in [4.69, 9.17) is 9.47 Å². The molecule has 0 spiro atoms. The molecule has 0 saturated carbocycles. The van der Waals surface area contributed by atoms with E-state index in [-0.39, 0.29) is 24.0 Å². The third kappa shape index (κ3) is 5.75. The Balaban J connectivity index is 0.00000338. The Hall–Kier alpha value is -2.04. The summed E-state index contributed by atoms with van der Waals surface area (Å²) in [7, 11) is 7.23. The Labute approximate surface area is 171 Å². The first-order valence-electron chi connectivity index (χ1n) is 8.13. The summed E-state index contributed by atoms with van der Waals surface area (Å²) in [4.78, 5) is 10.6. The number of aliphatic imine (C=N–C) groups is 1. The van der Waals surface area contributed by atoms with E-state index in [0.717, 1.165) is 28.8 Å². The molecule has 0 fully saturated rings. The lowest BCUT2D eigenvalue weighted by Crippen LogP contribution is -2.38. The van der Waals surface area contributed by atoms with Gasteiger partial charge in [0, 0.05) is 27.7 Å². The fourth-order valence-electron chi connectivity index (χ4n) is 2.42. The SMILES string of the molecule is CCOc1cc(CNC(=NC)N(C)Cc2ncnn2C)ccc1OC.I. The fourth-order valence-corrected chi connectivity index (χ4v) is 2.42. The van der Waals surface area contributed by atoms with Crippen molar-refractivity contribution in [3.05, 3.63) is 35.9 Å². The molecule has 1 aromatic heterocycles. The zero-order chi connectivity index (χ0) is 18.2. The van der Waals surface area contributed by atoms with Crippen LogP contribution in [0, 0.1) is 0 Å². The molecule has 0 unspecified atom stereocenters. The highest BCUT2D eigenvalue weighted by molar-refractivity contribution is 14.0. The standard InChI is InChI=1S/C17H26N6O2.HI/c1-6-25-15-9-13(7-8-14(15)24-5)10-19-17(18-2)22(3)11-16-20-12-21-23(16)4;/h7-9,12H,6,10-11H2,1-5H3,(H,18,19);1H. The molecule has 0 amide bonds.